The first kappa shape index (κ1) is 20.3. The van der Waals surface area contributed by atoms with E-state index in [1.54, 1.807) is 20.8 Å². The lowest BCUT2D eigenvalue weighted by Crippen LogP contribution is -2.44. The maximum atomic E-state index is 11.5. The molecule has 0 aliphatic heterocycles. The topological polar surface area (TPSA) is 82.1 Å². The molecule has 0 aliphatic rings. The molecule has 1 atom stereocenters. The Hall–Kier alpha value is -0.720. The predicted octanol–water partition coefficient (Wildman–Crippen LogP) is 1.72. The third-order valence-electron chi connectivity index (χ3n) is 2.57. The lowest BCUT2D eigenvalue weighted by atomic mass is 10.4. The second kappa shape index (κ2) is 8.66. The van der Waals surface area contributed by atoms with Crippen LogP contribution in [0.2, 0.25) is 0 Å². The number of carbonyl (C=O) groups excluding carboxylic acids is 1. The molecule has 0 saturated heterocycles. The maximum Gasteiger partial charge on any atom is 0.472 e. The summed E-state index contributed by atoms with van der Waals surface area (Å²) in [7, 11) is -0.184. The number of carbonyl (C=O) groups is 1. The molecule has 0 bridgehead atoms. The van der Waals surface area contributed by atoms with Gasteiger partial charge in [-0.2, -0.15) is 0 Å². The fraction of sp³-hybridized carbons (Fsp3) is 0.769. The number of nitrogens with zero attached hydrogens (tertiary/aromatic N) is 1. The van der Waals surface area contributed by atoms with Crippen LogP contribution >= 0.6 is 7.82 Å². The summed E-state index contributed by atoms with van der Waals surface area (Å²) in [5, 5.41) is 0. The van der Waals surface area contributed by atoms with Gasteiger partial charge in [0.15, 0.2) is 0 Å². The lowest BCUT2D eigenvalue weighted by molar-refractivity contribution is -0.890. The Morgan fingerprint density at radius 1 is 1.29 bits per heavy atom. The second-order valence-electron chi connectivity index (χ2n) is 5.76. The number of rotatable bonds is 10. The number of likely N-dealkylation sites (N-methyl/N-ethyl adjacent to an activating group) is 1. The first-order valence-corrected chi connectivity index (χ1v) is 8.25. The minimum absolute atomic E-state index is 0.0714. The van der Waals surface area contributed by atoms with Crippen LogP contribution < -0.4 is 0 Å². The van der Waals surface area contributed by atoms with Gasteiger partial charge < -0.3 is 14.1 Å². The van der Waals surface area contributed by atoms with Crippen LogP contribution in [0.1, 0.15) is 20.8 Å². The molecule has 8 heteroatoms. The monoisotopic (exact) mass is 324 g/mol. The first-order chi connectivity index (χ1) is 9.45. The Kier molecular flexibility index (Phi) is 8.36. The van der Waals surface area contributed by atoms with Crippen molar-refractivity contribution < 1.29 is 32.5 Å². The van der Waals surface area contributed by atoms with Crippen LogP contribution in [0.4, 0.5) is 0 Å². The Bertz CT molecular complexity index is 407. The molecule has 0 saturated carbocycles. The summed E-state index contributed by atoms with van der Waals surface area (Å²) >= 11 is 0. The van der Waals surface area contributed by atoms with Gasteiger partial charge in [0.1, 0.15) is 26.3 Å². The van der Waals surface area contributed by atoms with E-state index in [0.29, 0.717) is 23.1 Å². The van der Waals surface area contributed by atoms with E-state index in [1.807, 2.05) is 14.1 Å². The molecule has 0 aliphatic carbocycles. The molecule has 0 radical (unpaired) electrons. The van der Waals surface area contributed by atoms with Gasteiger partial charge in [0.25, 0.3) is 0 Å². The van der Waals surface area contributed by atoms with Crippen LogP contribution in [0.3, 0.4) is 0 Å². The van der Waals surface area contributed by atoms with E-state index in [4.69, 9.17) is 13.8 Å². The number of ether oxygens (including phenoxy) is 1. The summed E-state index contributed by atoms with van der Waals surface area (Å²) in [6.45, 7) is 9.76. The highest BCUT2D eigenvalue weighted by molar-refractivity contribution is 7.47. The van der Waals surface area contributed by atoms with Gasteiger partial charge in [-0.15, -0.1) is 0 Å². The van der Waals surface area contributed by atoms with Crippen molar-refractivity contribution in [3.63, 3.8) is 0 Å². The Morgan fingerprint density at radius 3 is 2.29 bits per heavy atom. The summed E-state index contributed by atoms with van der Waals surface area (Å²) in [6.07, 6.45) is -0.384. The van der Waals surface area contributed by atoms with Gasteiger partial charge in [0.05, 0.1) is 20.2 Å². The zero-order valence-electron chi connectivity index (χ0n) is 13.5. The summed E-state index contributed by atoms with van der Waals surface area (Å²) < 4.78 is 26.7. The number of quaternary nitrogens is 1. The summed E-state index contributed by atoms with van der Waals surface area (Å²) in [6, 6.07) is 0. The van der Waals surface area contributed by atoms with Gasteiger partial charge in [-0.3, -0.25) is 9.05 Å². The van der Waals surface area contributed by atoms with Crippen molar-refractivity contribution in [3.05, 3.63) is 12.2 Å². The molecule has 21 heavy (non-hydrogen) atoms. The van der Waals surface area contributed by atoms with Crippen LogP contribution in [0.25, 0.3) is 0 Å². The fourth-order valence-corrected chi connectivity index (χ4v) is 2.23. The lowest BCUT2D eigenvalue weighted by Gasteiger charge is -2.29. The molecule has 0 fully saturated rings. The Labute approximate surface area is 126 Å². The maximum absolute atomic E-state index is 11.5. The number of hydrogen-bond acceptors (Lipinski definition) is 5. The molecule has 1 N–H and O–H groups in total. The highest BCUT2D eigenvalue weighted by Crippen LogP contribution is 2.44. The molecule has 0 aromatic heterocycles. The van der Waals surface area contributed by atoms with Crippen molar-refractivity contribution in [1.29, 1.82) is 0 Å². The average Bonchev–Trinajstić information content (AvgIpc) is 2.25. The van der Waals surface area contributed by atoms with Crippen molar-refractivity contribution in [1.82, 2.24) is 0 Å². The fourth-order valence-electron chi connectivity index (χ4n) is 1.32. The van der Waals surface area contributed by atoms with E-state index in [0.717, 1.165) is 0 Å². The standard InChI is InChI=1S/C13H26NO6P/c1-11(2)13(15)18-9-7-14(5,6)8-10-19-21(16,17)20-12(3)4/h12H,1,7-10H2,2-6H3/p+1. The van der Waals surface area contributed by atoms with Crippen LogP contribution in [0.15, 0.2) is 12.2 Å². The normalized spacial score (nSPS) is 14.8. The van der Waals surface area contributed by atoms with Crippen molar-refractivity contribution in [2.75, 3.05) is 40.4 Å². The minimum Gasteiger partial charge on any atom is -0.456 e. The first-order valence-electron chi connectivity index (χ1n) is 6.75. The molecular formula is C13H27NO6P+. The third-order valence-corrected chi connectivity index (χ3v) is 3.77. The second-order valence-corrected chi connectivity index (χ2v) is 7.16. The molecule has 1 unspecified atom stereocenters. The quantitative estimate of drug-likeness (QED) is 0.285. The molecule has 0 rings (SSSR count). The molecule has 0 spiro atoms. The van der Waals surface area contributed by atoms with Crippen molar-refractivity contribution in [3.8, 4) is 0 Å². The largest absolute Gasteiger partial charge is 0.472 e. The molecule has 0 aromatic carbocycles. The van der Waals surface area contributed by atoms with E-state index in [9.17, 15) is 14.3 Å². The number of phosphoric acid groups is 1. The van der Waals surface area contributed by atoms with E-state index >= 15 is 0 Å². The Balaban J connectivity index is 4.05. The molecule has 0 aromatic rings. The predicted molar refractivity (Wildman–Crippen MR) is 79.6 cm³/mol. The van der Waals surface area contributed by atoms with Crippen LogP contribution in [-0.2, 0) is 23.1 Å². The molecule has 124 valence electrons. The van der Waals surface area contributed by atoms with E-state index < -0.39 is 13.8 Å². The Morgan fingerprint density at radius 2 is 1.81 bits per heavy atom. The average molecular weight is 324 g/mol. The van der Waals surface area contributed by atoms with Crippen LogP contribution in [-0.4, -0.2) is 61.8 Å². The number of esters is 1. The van der Waals surface area contributed by atoms with Crippen molar-refractivity contribution in [2.45, 2.75) is 26.9 Å². The summed E-state index contributed by atoms with van der Waals surface area (Å²) in [5.41, 5.74) is 0.357. The zero-order chi connectivity index (χ0) is 16.7. The van der Waals surface area contributed by atoms with Gasteiger partial charge in [-0.05, 0) is 20.8 Å². The zero-order valence-corrected chi connectivity index (χ0v) is 14.4. The van der Waals surface area contributed by atoms with Gasteiger partial charge in [-0.25, -0.2) is 9.36 Å². The van der Waals surface area contributed by atoms with Gasteiger partial charge in [0.2, 0.25) is 0 Å². The minimum atomic E-state index is -4.00. The number of phosphoric ester groups is 1. The molecule has 7 nitrogen and oxygen atoms in total. The van der Waals surface area contributed by atoms with Gasteiger partial charge >= 0.3 is 13.8 Å². The molecular weight excluding hydrogens is 297 g/mol. The SMILES string of the molecule is C=C(C)C(=O)OCC[N+](C)(C)CCOP(=O)(O)OC(C)C. The van der Waals surface area contributed by atoms with E-state index in [2.05, 4.69) is 6.58 Å². The highest BCUT2D eigenvalue weighted by atomic mass is 31.2. The molecule has 0 amide bonds. The summed E-state index contributed by atoms with van der Waals surface area (Å²) in [4.78, 5) is 20.7. The van der Waals surface area contributed by atoms with Crippen LogP contribution in [0, 0.1) is 0 Å². The summed E-state index contributed by atoms with van der Waals surface area (Å²) in [5.74, 6) is -0.420. The van der Waals surface area contributed by atoms with Crippen LogP contribution in [0.5, 0.6) is 0 Å². The van der Waals surface area contributed by atoms with E-state index in [-0.39, 0.29) is 19.3 Å². The van der Waals surface area contributed by atoms with E-state index in [1.165, 1.54) is 0 Å². The third kappa shape index (κ3) is 10.6. The van der Waals surface area contributed by atoms with Crippen molar-refractivity contribution in [2.24, 2.45) is 0 Å². The van der Waals surface area contributed by atoms with Crippen molar-refractivity contribution >= 4 is 13.8 Å². The smallest absolute Gasteiger partial charge is 0.456 e. The highest BCUT2D eigenvalue weighted by Gasteiger charge is 2.25. The van der Waals surface area contributed by atoms with Gasteiger partial charge in [0, 0.05) is 5.57 Å². The number of hydrogen-bond donors (Lipinski definition) is 1. The van der Waals surface area contributed by atoms with Gasteiger partial charge in [-0.1, -0.05) is 6.58 Å². The molecule has 0 heterocycles.